The van der Waals surface area contributed by atoms with Gasteiger partial charge in [0.25, 0.3) is 0 Å². The average molecular weight is 427 g/mol. The van der Waals surface area contributed by atoms with Crippen LogP contribution in [0.4, 0.5) is 0 Å². The molecule has 4 nitrogen and oxygen atoms in total. The molecule has 1 aliphatic heterocycles. The van der Waals surface area contributed by atoms with E-state index in [1.807, 2.05) is 62.4 Å². The summed E-state index contributed by atoms with van der Waals surface area (Å²) in [6.07, 6.45) is 6.18. The minimum absolute atomic E-state index is 0.00684. The third-order valence-corrected chi connectivity index (χ3v) is 4.63. The van der Waals surface area contributed by atoms with Crippen molar-refractivity contribution < 1.29 is 19.0 Å². The van der Waals surface area contributed by atoms with Crippen LogP contribution in [0.5, 0.6) is 0 Å². The SMILES string of the molecule is CC.CC(=O)CC/C=C\C[C@@H]1CO[C@H](c2ccccc2)O[C@@H]1c1ccccc1.COC. The zero-order valence-corrected chi connectivity index (χ0v) is 19.6. The summed E-state index contributed by atoms with van der Waals surface area (Å²) in [7, 11) is 3.25. The molecule has 0 aromatic heterocycles. The molecule has 0 N–H and O–H groups in total. The molecule has 0 unspecified atom stereocenters. The summed E-state index contributed by atoms with van der Waals surface area (Å²) < 4.78 is 16.6. The number of hydrogen-bond acceptors (Lipinski definition) is 4. The molecule has 0 aliphatic carbocycles. The van der Waals surface area contributed by atoms with Gasteiger partial charge in [-0.1, -0.05) is 86.7 Å². The van der Waals surface area contributed by atoms with Gasteiger partial charge in [-0.05, 0) is 25.3 Å². The van der Waals surface area contributed by atoms with Crippen LogP contribution in [0.1, 0.15) is 63.6 Å². The van der Waals surface area contributed by atoms with Gasteiger partial charge in [-0.3, -0.25) is 0 Å². The molecule has 1 aliphatic rings. The molecule has 0 amide bonds. The zero-order valence-electron chi connectivity index (χ0n) is 19.6. The Morgan fingerprint density at radius 2 is 1.52 bits per heavy atom. The predicted molar refractivity (Wildman–Crippen MR) is 127 cm³/mol. The van der Waals surface area contributed by atoms with Crippen LogP contribution >= 0.6 is 0 Å². The largest absolute Gasteiger partial charge is 0.388 e. The topological polar surface area (TPSA) is 44.8 Å². The van der Waals surface area contributed by atoms with Crippen molar-refractivity contribution in [3.63, 3.8) is 0 Å². The Kier molecular flexibility index (Phi) is 14.2. The van der Waals surface area contributed by atoms with Crippen molar-refractivity contribution in [1.29, 1.82) is 0 Å². The lowest BCUT2D eigenvalue weighted by Crippen LogP contribution is -2.30. The number of carbonyl (C=O) groups excluding carboxylic acids is 1. The lowest BCUT2D eigenvalue weighted by Gasteiger charge is -2.36. The number of ketones is 1. The van der Waals surface area contributed by atoms with Crippen LogP contribution in [0.2, 0.25) is 0 Å². The molecule has 170 valence electrons. The fourth-order valence-electron chi connectivity index (χ4n) is 3.23. The Balaban J connectivity index is 0.000000884. The summed E-state index contributed by atoms with van der Waals surface area (Å²) >= 11 is 0. The number of Topliss-reactive ketones (excluding diaryl/α,β-unsaturated/α-hetero) is 1. The number of methoxy groups -OCH3 is 1. The Bertz CT molecular complexity index is 727. The molecular weight excluding hydrogens is 388 g/mol. The summed E-state index contributed by atoms with van der Waals surface area (Å²) in [4.78, 5) is 11.0. The number of ether oxygens (including phenoxy) is 3. The monoisotopic (exact) mass is 426 g/mol. The maximum Gasteiger partial charge on any atom is 0.184 e. The van der Waals surface area contributed by atoms with E-state index >= 15 is 0 Å². The molecule has 1 fully saturated rings. The minimum atomic E-state index is -0.334. The van der Waals surface area contributed by atoms with Crippen molar-refractivity contribution in [3.8, 4) is 0 Å². The van der Waals surface area contributed by atoms with Crippen LogP contribution in [-0.2, 0) is 19.0 Å². The molecule has 4 heteroatoms. The highest BCUT2D eigenvalue weighted by Crippen LogP contribution is 2.39. The van der Waals surface area contributed by atoms with Crippen molar-refractivity contribution in [1.82, 2.24) is 0 Å². The average Bonchev–Trinajstić information content (AvgIpc) is 2.82. The van der Waals surface area contributed by atoms with E-state index in [0.29, 0.717) is 13.0 Å². The second-order valence-corrected chi connectivity index (χ2v) is 7.16. The van der Waals surface area contributed by atoms with Crippen molar-refractivity contribution in [3.05, 3.63) is 83.9 Å². The summed E-state index contributed by atoms with van der Waals surface area (Å²) in [6, 6.07) is 20.4. The third-order valence-electron chi connectivity index (χ3n) is 4.63. The summed E-state index contributed by atoms with van der Waals surface area (Å²) in [6.45, 7) is 6.28. The highest BCUT2D eigenvalue weighted by Gasteiger charge is 2.33. The second-order valence-electron chi connectivity index (χ2n) is 7.16. The van der Waals surface area contributed by atoms with Crippen molar-refractivity contribution >= 4 is 5.78 Å². The van der Waals surface area contributed by atoms with E-state index in [9.17, 15) is 4.79 Å². The van der Waals surface area contributed by atoms with Gasteiger partial charge >= 0.3 is 0 Å². The molecule has 1 heterocycles. The number of carbonyl (C=O) groups is 1. The molecular formula is C27H38O4. The molecule has 3 rings (SSSR count). The molecule has 1 saturated heterocycles. The normalized spacial score (nSPS) is 20.2. The van der Waals surface area contributed by atoms with E-state index in [0.717, 1.165) is 18.4 Å². The quantitative estimate of drug-likeness (QED) is 0.462. The zero-order chi connectivity index (χ0) is 22.9. The molecule has 2 aromatic carbocycles. The standard InChI is InChI=1S/C23H26O3.C2H6O.C2H6/c1-18(24)11-5-2-10-16-21-17-25-23(20-14-8-4-9-15-20)26-22(21)19-12-6-3-7-13-19;1-3-2;1-2/h2-4,6-10,12-15,21-23H,5,11,16-17H2,1H3;1-2H3;1-2H3/b10-2-;;/t21-,22-,23+;;/m1../s1. The van der Waals surface area contributed by atoms with Crippen LogP contribution in [-0.4, -0.2) is 26.6 Å². The lowest BCUT2D eigenvalue weighted by molar-refractivity contribution is -0.243. The maximum absolute atomic E-state index is 11.0. The van der Waals surface area contributed by atoms with Crippen LogP contribution in [0.15, 0.2) is 72.8 Å². The first-order valence-electron chi connectivity index (χ1n) is 11.1. The van der Waals surface area contributed by atoms with Gasteiger partial charge in [0.2, 0.25) is 0 Å². The Hall–Kier alpha value is -2.27. The van der Waals surface area contributed by atoms with Crippen LogP contribution in [0.25, 0.3) is 0 Å². The van der Waals surface area contributed by atoms with Crippen molar-refractivity contribution in [2.24, 2.45) is 5.92 Å². The fourth-order valence-corrected chi connectivity index (χ4v) is 3.23. The molecule has 0 saturated carbocycles. The van der Waals surface area contributed by atoms with Gasteiger partial charge in [0.1, 0.15) is 5.78 Å². The number of benzene rings is 2. The molecule has 0 radical (unpaired) electrons. The van der Waals surface area contributed by atoms with E-state index in [-0.39, 0.29) is 24.1 Å². The van der Waals surface area contributed by atoms with Crippen molar-refractivity contribution in [2.75, 3.05) is 20.8 Å². The fraction of sp³-hybridized carbons (Fsp3) is 0.444. The second kappa shape index (κ2) is 16.4. The van der Waals surface area contributed by atoms with Gasteiger partial charge in [0.15, 0.2) is 6.29 Å². The van der Waals surface area contributed by atoms with Gasteiger partial charge in [-0.2, -0.15) is 0 Å². The van der Waals surface area contributed by atoms with E-state index < -0.39 is 0 Å². The van der Waals surface area contributed by atoms with Gasteiger partial charge in [-0.25, -0.2) is 0 Å². The highest BCUT2D eigenvalue weighted by molar-refractivity contribution is 5.75. The van der Waals surface area contributed by atoms with Gasteiger partial charge in [-0.15, -0.1) is 0 Å². The van der Waals surface area contributed by atoms with Crippen LogP contribution < -0.4 is 0 Å². The minimum Gasteiger partial charge on any atom is -0.388 e. The third kappa shape index (κ3) is 10.1. The first-order valence-corrected chi connectivity index (χ1v) is 11.1. The highest BCUT2D eigenvalue weighted by atomic mass is 16.7. The predicted octanol–water partition coefficient (Wildman–Crippen LogP) is 6.69. The van der Waals surface area contributed by atoms with Gasteiger partial charge in [0, 0.05) is 32.1 Å². The Morgan fingerprint density at radius 1 is 0.968 bits per heavy atom. The smallest absolute Gasteiger partial charge is 0.184 e. The Labute approximate surface area is 188 Å². The van der Waals surface area contributed by atoms with Crippen LogP contribution in [0.3, 0.4) is 0 Å². The summed E-state index contributed by atoms with van der Waals surface area (Å²) in [5, 5.41) is 0. The van der Waals surface area contributed by atoms with E-state index in [1.165, 1.54) is 5.56 Å². The number of rotatable bonds is 7. The maximum atomic E-state index is 11.0. The molecule has 2 aromatic rings. The summed E-state index contributed by atoms with van der Waals surface area (Å²) in [5.74, 6) is 0.484. The number of hydrogen-bond donors (Lipinski definition) is 0. The van der Waals surface area contributed by atoms with Crippen molar-refractivity contribution in [2.45, 2.75) is 52.4 Å². The van der Waals surface area contributed by atoms with E-state index in [1.54, 1.807) is 21.1 Å². The van der Waals surface area contributed by atoms with Gasteiger partial charge < -0.3 is 19.0 Å². The molecule has 3 atom stereocenters. The molecule has 0 bridgehead atoms. The summed E-state index contributed by atoms with van der Waals surface area (Å²) in [5.41, 5.74) is 2.22. The van der Waals surface area contributed by atoms with Gasteiger partial charge in [0.05, 0.1) is 12.7 Å². The molecule has 0 spiro atoms. The molecule has 31 heavy (non-hydrogen) atoms. The first kappa shape index (κ1) is 26.8. The van der Waals surface area contributed by atoms with Crippen LogP contribution in [0, 0.1) is 5.92 Å². The first-order chi connectivity index (χ1) is 15.2. The number of allylic oxidation sites excluding steroid dienone is 2. The Morgan fingerprint density at radius 3 is 2.06 bits per heavy atom. The lowest BCUT2D eigenvalue weighted by atomic mass is 9.92. The van der Waals surface area contributed by atoms with E-state index in [2.05, 4.69) is 29.0 Å². The van der Waals surface area contributed by atoms with E-state index in [4.69, 9.17) is 9.47 Å².